The van der Waals surface area contributed by atoms with Crippen LogP contribution in [0.3, 0.4) is 0 Å². The number of furan rings is 1. The maximum absolute atomic E-state index is 6.15. The number of methoxy groups -OCH3 is 1. The molecule has 0 bridgehead atoms. The lowest BCUT2D eigenvalue weighted by Crippen LogP contribution is -2.38. The fourth-order valence-electron chi connectivity index (χ4n) is 2.16. The first-order valence-electron chi connectivity index (χ1n) is 8.10. The molecule has 0 radical (unpaired) electrons. The lowest BCUT2D eigenvalue weighted by Gasteiger charge is -2.12. The maximum atomic E-state index is 6.15. The van der Waals surface area contributed by atoms with E-state index in [1.165, 1.54) is 0 Å². The Kier molecular flexibility index (Phi) is 7.49. The van der Waals surface area contributed by atoms with Gasteiger partial charge in [-0.1, -0.05) is 24.6 Å². The Morgan fingerprint density at radius 2 is 2.08 bits per heavy atom. The van der Waals surface area contributed by atoms with E-state index in [0.29, 0.717) is 17.3 Å². The van der Waals surface area contributed by atoms with Crippen LogP contribution in [0.2, 0.25) is 5.02 Å². The van der Waals surface area contributed by atoms with Gasteiger partial charge < -0.3 is 19.8 Å². The Morgan fingerprint density at radius 3 is 2.75 bits per heavy atom. The minimum Gasteiger partial charge on any atom is -0.495 e. The lowest BCUT2D eigenvalue weighted by molar-refractivity contribution is 0.415. The molecule has 24 heavy (non-hydrogen) atoms. The average Bonchev–Trinajstić information content (AvgIpc) is 3.10. The number of halogens is 1. The van der Waals surface area contributed by atoms with Gasteiger partial charge >= 0.3 is 0 Å². The molecule has 0 aliphatic carbocycles. The predicted octanol–water partition coefficient (Wildman–Crippen LogP) is 3.63. The molecule has 0 atom stereocenters. The zero-order valence-corrected chi connectivity index (χ0v) is 14.9. The molecule has 2 aromatic rings. The van der Waals surface area contributed by atoms with E-state index in [1.807, 2.05) is 30.3 Å². The summed E-state index contributed by atoms with van der Waals surface area (Å²) in [5.74, 6) is 2.42. The highest BCUT2D eigenvalue weighted by Crippen LogP contribution is 2.25. The number of aliphatic imine (C=N–C) groups is 1. The van der Waals surface area contributed by atoms with Crippen LogP contribution in [0.5, 0.6) is 5.75 Å². The molecule has 0 saturated carbocycles. The summed E-state index contributed by atoms with van der Waals surface area (Å²) < 4.78 is 10.5. The van der Waals surface area contributed by atoms with Crippen molar-refractivity contribution >= 4 is 17.6 Å². The topological polar surface area (TPSA) is 58.8 Å². The fourth-order valence-corrected chi connectivity index (χ4v) is 2.44. The van der Waals surface area contributed by atoms with E-state index in [4.69, 9.17) is 20.8 Å². The molecule has 2 N–H and O–H groups in total. The third-order valence-electron chi connectivity index (χ3n) is 3.42. The zero-order valence-electron chi connectivity index (χ0n) is 14.1. The van der Waals surface area contributed by atoms with Crippen molar-refractivity contribution in [1.29, 1.82) is 0 Å². The predicted molar refractivity (Wildman–Crippen MR) is 97.9 cm³/mol. The minimum atomic E-state index is 0.545. The van der Waals surface area contributed by atoms with Crippen LogP contribution in [0.25, 0.3) is 0 Å². The van der Waals surface area contributed by atoms with Gasteiger partial charge in [0, 0.05) is 19.5 Å². The highest BCUT2D eigenvalue weighted by atomic mass is 35.5. The Morgan fingerprint density at radius 1 is 1.25 bits per heavy atom. The number of benzene rings is 1. The van der Waals surface area contributed by atoms with Gasteiger partial charge in [-0.3, -0.25) is 0 Å². The SMILES string of the molecule is CCCNC(=NCc1ccc(OC)c(Cl)c1)NCCc1ccco1. The van der Waals surface area contributed by atoms with Crippen molar-refractivity contribution in [3.63, 3.8) is 0 Å². The van der Waals surface area contributed by atoms with Gasteiger partial charge in [-0.2, -0.15) is 0 Å². The molecule has 1 heterocycles. The molecule has 1 aromatic carbocycles. The highest BCUT2D eigenvalue weighted by Gasteiger charge is 2.03. The van der Waals surface area contributed by atoms with Gasteiger partial charge in [-0.25, -0.2) is 4.99 Å². The second kappa shape index (κ2) is 9.88. The Bertz CT molecular complexity index is 642. The van der Waals surface area contributed by atoms with Crippen molar-refractivity contribution < 1.29 is 9.15 Å². The van der Waals surface area contributed by atoms with Crippen LogP contribution in [0, 0.1) is 0 Å². The maximum Gasteiger partial charge on any atom is 0.191 e. The van der Waals surface area contributed by atoms with Gasteiger partial charge in [0.1, 0.15) is 11.5 Å². The second-order valence-electron chi connectivity index (χ2n) is 5.32. The van der Waals surface area contributed by atoms with E-state index in [0.717, 1.165) is 43.2 Å². The number of guanidine groups is 1. The minimum absolute atomic E-state index is 0.545. The van der Waals surface area contributed by atoms with Crippen LogP contribution in [0.4, 0.5) is 0 Å². The van der Waals surface area contributed by atoms with E-state index in [1.54, 1.807) is 13.4 Å². The second-order valence-corrected chi connectivity index (χ2v) is 5.72. The Balaban J connectivity index is 1.92. The van der Waals surface area contributed by atoms with Gasteiger partial charge in [-0.05, 0) is 36.2 Å². The molecule has 6 heteroatoms. The fraction of sp³-hybridized carbons (Fsp3) is 0.389. The molecule has 0 aliphatic heterocycles. The molecule has 0 amide bonds. The standard InChI is InChI=1S/C18H24ClN3O2/c1-3-9-20-18(21-10-8-15-5-4-11-24-15)22-13-14-6-7-17(23-2)16(19)12-14/h4-7,11-12H,3,8-10,13H2,1-2H3,(H2,20,21,22). The van der Waals surface area contributed by atoms with Gasteiger partial charge in [0.05, 0.1) is 24.9 Å². The van der Waals surface area contributed by atoms with Crippen molar-refractivity contribution in [2.75, 3.05) is 20.2 Å². The van der Waals surface area contributed by atoms with Crippen molar-refractivity contribution in [3.05, 3.63) is 52.9 Å². The molecule has 0 saturated heterocycles. The number of hydrogen-bond acceptors (Lipinski definition) is 3. The van der Waals surface area contributed by atoms with Gasteiger partial charge in [0.25, 0.3) is 0 Å². The first-order valence-corrected chi connectivity index (χ1v) is 8.47. The number of ether oxygens (including phenoxy) is 1. The summed E-state index contributed by atoms with van der Waals surface area (Å²) in [6, 6.07) is 9.57. The van der Waals surface area contributed by atoms with Crippen molar-refractivity contribution in [2.24, 2.45) is 4.99 Å². The normalized spacial score (nSPS) is 11.4. The van der Waals surface area contributed by atoms with Crippen LogP contribution in [-0.4, -0.2) is 26.2 Å². The summed E-state index contributed by atoms with van der Waals surface area (Å²) in [7, 11) is 1.61. The van der Waals surface area contributed by atoms with Crippen molar-refractivity contribution in [1.82, 2.24) is 10.6 Å². The lowest BCUT2D eigenvalue weighted by atomic mass is 10.2. The Hall–Kier alpha value is -2.14. The third kappa shape index (κ3) is 5.81. The molecule has 1 aromatic heterocycles. The molecule has 0 fully saturated rings. The van der Waals surface area contributed by atoms with E-state index < -0.39 is 0 Å². The number of nitrogens with zero attached hydrogens (tertiary/aromatic N) is 1. The largest absolute Gasteiger partial charge is 0.495 e. The van der Waals surface area contributed by atoms with Crippen LogP contribution >= 0.6 is 11.6 Å². The first-order chi connectivity index (χ1) is 11.7. The summed E-state index contributed by atoms with van der Waals surface area (Å²) in [6.07, 6.45) is 3.54. The molecule has 0 unspecified atom stereocenters. The van der Waals surface area contributed by atoms with Crippen LogP contribution in [0.15, 0.2) is 46.0 Å². The summed E-state index contributed by atoms with van der Waals surface area (Å²) in [5, 5.41) is 7.23. The van der Waals surface area contributed by atoms with Crippen LogP contribution in [0.1, 0.15) is 24.7 Å². The van der Waals surface area contributed by atoms with Crippen molar-refractivity contribution in [3.8, 4) is 5.75 Å². The average molecular weight is 350 g/mol. The summed E-state index contributed by atoms with van der Waals surface area (Å²) in [4.78, 5) is 4.61. The van der Waals surface area contributed by atoms with Crippen molar-refractivity contribution in [2.45, 2.75) is 26.3 Å². The number of rotatable bonds is 8. The smallest absolute Gasteiger partial charge is 0.191 e. The molecule has 0 spiro atoms. The molecular formula is C18H24ClN3O2. The van der Waals surface area contributed by atoms with E-state index in [-0.39, 0.29) is 0 Å². The molecule has 2 rings (SSSR count). The van der Waals surface area contributed by atoms with Gasteiger partial charge in [0.2, 0.25) is 0 Å². The van der Waals surface area contributed by atoms with Gasteiger partial charge in [-0.15, -0.1) is 0 Å². The van der Waals surface area contributed by atoms with E-state index in [9.17, 15) is 0 Å². The monoisotopic (exact) mass is 349 g/mol. The Labute approximate surface area is 148 Å². The quantitative estimate of drug-likeness (QED) is 0.564. The summed E-state index contributed by atoms with van der Waals surface area (Å²) in [6.45, 7) is 4.29. The van der Waals surface area contributed by atoms with E-state index in [2.05, 4.69) is 22.5 Å². The summed E-state index contributed by atoms with van der Waals surface area (Å²) in [5.41, 5.74) is 1.03. The molecule has 130 valence electrons. The first kappa shape index (κ1) is 18.2. The van der Waals surface area contributed by atoms with Crippen LogP contribution in [-0.2, 0) is 13.0 Å². The third-order valence-corrected chi connectivity index (χ3v) is 3.72. The summed E-state index contributed by atoms with van der Waals surface area (Å²) >= 11 is 6.15. The number of nitrogens with one attached hydrogen (secondary N) is 2. The van der Waals surface area contributed by atoms with Crippen LogP contribution < -0.4 is 15.4 Å². The van der Waals surface area contributed by atoms with Gasteiger partial charge in [0.15, 0.2) is 5.96 Å². The van der Waals surface area contributed by atoms with E-state index >= 15 is 0 Å². The molecular weight excluding hydrogens is 326 g/mol. The zero-order chi connectivity index (χ0) is 17.2. The molecule has 0 aliphatic rings. The highest BCUT2D eigenvalue weighted by molar-refractivity contribution is 6.32. The number of hydrogen-bond donors (Lipinski definition) is 2. The molecule has 5 nitrogen and oxygen atoms in total.